The number of alkyl halides is 2. The van der Waals surface area contributed by atoms with Gasteiger partial charge in [0.05, 0.1) is 0 Å². The first-order chi connectivity index (χ1) is 9.44. The highest BCUT2D eigenvalue weighted by Crippen LogP contribution is 2.33. The van der Waals surface area contributed by atoms with Gasteiger partial charge < -0.3 is 10.1 Å². The second kappa shape index (κ2) is 5.95. The molecule has 20 heavy (non-hydrogen) atoms. The molecule has 0 spiro atoms. The number of ether oxygens (including phenoxy) is 1. The molecule has 1 aromatic rings. The van der Waals surface area contributed by atoms with Gasteiger partial charge >= 0.3 is 6.61 Å². The number of nitrogens with one attached hydrogen (secondary N) is 1. The average Bonchev–Trinajstić information content (AvgIpc) is 2.74. The minimum atomic E-state index is -2.88. The van der Waals surface area contributed by atoms with Crippen LogP contribution in [0, 0.1) is 0 Å². The quantitative estimate of drug-likeness (QED) is 0.903. The van der Waals surface area contributed by atoms with Crippen molar-refractivity contribution in [2.24, 2.45) is 0 Å². The van der Waals surface area contributed by atoms with Crippen LogP contribution in [0.2, 0.25) is 5.02 Å². The largest absolute Gasteiger partial charge is 0.435 e. The molecule has 1 N–H and O–H groups in total. The Hall–Kier alpha value is -1.36. The van der Waals surface area contributed by atoms with Crippen LogP contribution in [0.15, 0.2) is 18.2 Å². The van der Waals surface area contributed by atoms with Gasteiger partial charge in [-0.05, 0) is 43.0 Å². The summed E-state index contributed by atoms with van der Waals surface area (Å²) in [5.74, 6) is 0.101. The van der Waals surface area contributed by atoms with Gasteiger partial charge in [-0.2, -0.15) is 8.78 Å². The van der Waals surface area contributed by atoms with Crippen molar-refractivity contribution in [2.75, 3.05) is 0 Å². The summed E-state index contributed by atoms with van der Waals surface area (Å²) in [6, 6.07) is 4.56. The third-order valence-corrected chi connectivity index (χ3v) is 3.91. The predicted molar refractivity (Wildman–Crippen MR) is 72.2 cm³/mol. The highest BCUT2D eigenvalue weighted by Gasteiger charge is 2.36. The van der Waals surface area contributed by atoms with Crippen molar-refractivity contribution < 1.29 is 18.3 Å². The smallest absolute Gasteiger partial charge is 0.387 e. The van der Waals surface area contributed by atoms with Crippen molar-refractivity contribution in [3.63, 3.8) is 0 Å². The Bertz CT molecular complexity index is 510. The van der Waals surface area contributed by atoms with Crippen LogP contribution in [0.3, 0.4) is 0 Å². The molecule has 1 aromatic carbocycles. The third-order valence-electron chi connectivity index (χ3n) is 3.68. The molecule has 1 aliphatic rings. The molecule has 110 valence electrons. The van der Waals surface area contributed by atoms with E-state index in [-0.39, 0.29) is 11.7 Å². The third kappa shape index (κ3) is 3.39. The molecule has 3 nitrogen and oxygen atoms in total. The Balaban J connectivity index is 2.27. The fourth-order valence-electron chi connectivity index (χ4n) is 2.56. The summed E-state index contributed by atoms with van der Waals surface area (Å²) in [5.41, 5.74) is 0.184. The van der Waals surface area contributed by atoms with E-state index in [1.807, 2.05) is 6.92 Å². The van der Waals surface area contributed by atoms with Crippen molar-refractivity contribution >= 4 is 17.5 Å². The molecule has 1 unspecified atom stereocenters. The number of carbonyl (C=O) groups excluding carboxylic acids is 1. The Morgan fingerprint density at radius 1 is 1.50 bits per heavy atom. The van der Waals surface area contributed by atoms with Gasteiger partial charge in [0.25, 0.3) is 0 Å². The lowest BCUT2D eigenvalue weighted by Crippen LogP contribution is -2.43. The van der Waals surface area contributed by atoms with Crippen LogP contribution in [0.1, 0.15) is 31.7 Å². The molecule has 1 heterocycles. The zero-order valence-electron chi connectivity index (χ0n) is 11.1. The normalized spacial score (nSPS) is 22.1. The SMILES string of the molecule is CCC1(Cc2cc(Cl)ccc2OC(F)F)CCC(=O)N1. The standard InChI is InChI=1S/C14H16ClF2NO2/c1-2-14(6-5-12(19)18-14)8-9-7-10(15)3-4-11(9)20-13(16)17/h3-4,7,13H,2,5-6,8H2,1H3,(H,18,19). The number of hydrogen-bond acceptors (Lipinski definition) is 2. The van der Waals surface area contributed by atoms with Crippen molar-refractivity contribution in [2.45, 2.75) is 44.8 Å². The first-order valence-electron chi connectivity index (χ1n) is 6.48. The maximum atomic E-state index is 12.4. The zero-order valence-corrected chi connectivity index (χ0v) is 11.8. The highest BCUT2D eigenvalue weighted by molar-refractivity contribution is 6.30. The Morgan fingerprint density at radius 2 is 2.25 bits per heavy atom. The van der Waals surface area contributed by atoms with E-state index in [1.165, 1.54) is 12.1 Å². The number of amides is 1. The summed E-state index contributed by atoms with van der Waals surface area (Å²) in [4.78, 5) is 11.4. The van der Waals surface area contributed by atoms with E-state index >= 15 is 0 Å². The molecule has 6 heteroatoms. The van der Waals surface area contributed by atoms with Crippen LogP contribution >= 0.6 is 11.6 Å². The zero-order chi connectivity index (χ0) is 14.8. The van der Waals surface area contributed by atoms with Crippen LogP contribution in [-0.4, -0.2) is 18.1 Å². The second-order valence-corrected chi connectivity index (χ2v) is 5.43. The van der Waals surface area contributed by atoms with Crippen molar-refractivity contribution in [3.8, 4) is 5.75 Å². The summed E-state index contributed by atoms with van der Waals surface area (Å²) in [7, 11) is 0. The van der Waals surface area contributed by atoms with Gasteiger partial charge in [-0.1, -0.05) is 18.5 Å². The van der Waals surface area contributed by atoms with Crippen LogP contribution in [0.25, 0.3) is 0 Å². The average molecular weight is 304 g/mol. The van der Waals surface area contributed by atoms with E-state index in [0.29, 0.717) is 29.8 Å². The lowest BCUT2D eigenvalue weighted by atomic mass is 9.86. The lowest BCUT2D eigenvalue weighted by Gasteiger charge is -2.28. The van der Waals surface area contributed by atoms with Gasteiger partial charge in [-0.25, -0.2) is 0 Å². The van der Waals surface area contributed by atoms with Crippen LogP contribution < -0.4 is 10.1 Å². The van der Waals surface area contributed by atoms with E-state index in [0.717, 1.165) is 6.42 Å². The number of rotatable bonds is 5. The van der Waals surface area contributed by atoms with Crippen molar-refractivity contribution in [1.82, 2.24) is 5.32 Å². The van der Waals surface area contributed by atoms with Crippen LogP contribution in [0.4, 0.5) is 8.78 Å². The van der Waals surface area contributed by atoms with Crippen LogP contribution in [-0.2, 0) is 11.2 Å². The molecule has 0 bridgehead atoms. The molecule has 1 saturated heterocycles. The fraction of sp³-hybridized carbons (Fsp3) is 0.500. The molecule has 0 radical (unpaired) electrons. The second-order valence-electron chi connectivity index (χ2n) is 4.99. The van der Waals surface area contributed by atoms with E-state index in [4.69, 9.17) is 11.6 Å². The Morgan fingerprint density at radius 3 is 2.80 bits per heavy atom. The highest BCUT2D eigenvalue weighted by atomic mass is 35.5. The molecule has 2 rings (SSSR count). The summed E-state index contributed by atoms with van der Waals surface area (Å²) in [6.07, 6.45) is 2.29. The summed E-state index contributed by atoms with van der Waals surface area (Å²) < 4.78 is 29.4. The van der Waals surface area contributed by atoms with Crippen molar-refractivity contribution in [1.29, 1.82) is 0 Å². The molecule has 1 atom stereocenters. The van der Waals surface area contributed by atoms with Gasteiger partial charge in [0.15, 0.2) is 0 Å². The molecular weight excluding hydrogens is 288 g/mol. The minimum absolute atomic E-state index is 0.00907. The molecule has 0 saturated carbocycles. The van der Waals surface area contributed by atoms with Crippen molar-refractivity contribution in [3.05, 3.63) is 28.8 Å². The Kier molecular flexibility index (Phi) is 4.48. The Labute approximate surface area is 121 Å². The van der Waals surface area contributed by atoms with Crippen LogP contribution in [0.5, 0.6) is 5.75 Å². The number of hydrogen-bond donors (Lipinski definition) is 1. The molecule has 0 aliphatic carbocycles. The number of carbonyl (C=O) groups is 1. The molecule has 0 aromatic heterocycles. The lowest BCUT2D eigenvalue weighted by molar-refractivity contribution is -0.119. The minimum Gasteiger partial charge on any atom is -0.435 e. The number of halogens is 3. The van der Waals surface area contributed by atoms with E-state index in [9.17, 15) is 13.6 Å². The van der Waals surface area contributed by atoms with Gasteiger partial charge in [0.1, 0.15) is 5.75 Å². The maximum absolute atomic E-state index is 12.4. The summed E-state index contributed by atoms with van der Waals surface area (Å²) >= 11 is 5.93. The predicted octanol–water partition coefficient (Wildman–Crippen LogP) is 3.54. The molecule has 1 amide bonds. The van der Waals surface area contributed by atoms with E-state index in [2.05, 4.69) is 10.1 Å². The van der Waals surface area contributed by atoms with Gasteiger partial charge in [0, 0.05) is 17.0 Å². The number of benzene rings is 1. The fourth-order valence-corrected chi connectivity index (χ4v) is 2.75. The molecule has 1 fully saturated rings. The monoisotopic (exact) mass is 303 g/mol. The topological polar surface area (TPSA) is 38.3 Å². The van der Waals surface area contributed by atoms with Gasteiger partial charge in [-0.3, -0.25) is 4.79 Å². The summed E-state index contributed by atoms with van der Waals surface area (Å²) in [5, 5.41) is 3.40. The first-order valence-corrected chi connectivity index (χ1v) is 6.86. The summed E-state index contributed by atoms with van der Waals surface area (Å²) in [6.45, 7) is -0.922. The van der Waals surface area contributed by atoms with E-state index < -0.39 is 12.2 Å². The first kappa shape index (κ1) is 15.0. The maximum Gasteiger partial charge on any atom is 0.387 e. The van der Waals surface area contributed by atoms with Gasteiger partial charge in [0.2, 0.25) is 5.91 Å². The van der Waals surface area contributed by atoms with Gasteiger partial charge in [-0.15, -0.1) is 0 Å². The molecular formula is C14H16ClF2NO2. The molecule has 1 aliphatic heterocycles. The van der Waals surface area contributed by atoms with E-state index in [1.54, 1.807) is 6.07 Å².